The van der Waals surface area contributed by atoms with Crippen LogP contribution in [0.15, 0.2) is 30.3 Å². The number of fused-ring (bicyclic) bond motifs is 1. The van der Waals surface area contributed by atoms with Crippen LogP contribution in [0.4, 0.5) is 4.39 Å². The zero-order valence-electron chi connectivity index (χ0n) is 13.7. The molecule has 1 aromatic rings. The molecule has 2 rings (SSSR count). The lowest BCUT2D eigenvalue weighted by Crippen LogP contribution is -2.14. The fourth-order valence-corrected chi connectivity index (χ4v) is 2.73. The minimum atomic E-state index is -0.387. The van der Waals surface area contributed by atoms with Gasteiger partial charge in [-0.15, -0.1) is 0 Å². The Morgan fingerprint density at radius 1 is 1.09 bits per heavy atom. The van der Waals surface area contributed by atoms with E-state index in [1.54, 1.807) is 12.1 Å². The van der Waals surface area contributed by atoms with Crippen LogP contribution in [0.2, 0.25) is 0 Å². The van der Waals surface area contributed by atoms with Crippen molar-refractivity contribution < 1.29 is 18.7 Å². The zero-order valence-corrected chi connectivity index (χ0v) is 13.7. The molecular weight excluding hydrogens is 295 g/mol. The van der Waals surface area contributed by atoms with Crippen LogP contribution < -0.4 is 4.74 Å². The standard InChI is InChI=1S/C19H23FO3/c1-3-22-13-14-7-5-8-15(20)11-12-18(23-4-2)19-16(14)9-6-10-17(19)21/h5,7-8,11-12H,3-4,6,9-10,13H2,1-2H3. The highest BCUT2D eigenvalue weighted by Gasteiger charge is 2.22. The summed E-state index contributed by atoms with van der Waals surface area (Å²) in [5, 5.41) is 0. The zero-order chi connectivity index (χ0) is 16.7. The Bertz CT molecular complexity index is 624. The van der Waals surface area contributed by atoms with Crippen LogP contribution in [0, 0.1) is 5.82 Å². The topological polar surface area (TPSA) is 35.5 Å². The van der Waals surface area contributed by atoms with Gasteiger partial charge in [-0.05, 0) is 56.0 Å². The van der Waals surface area contributed by atoms with E-state index in [9.17, 15) is 9.18 Å². The molecule has 0 bridgehead atoms. The summed E-state index contributed by atoms with van der Waals surface area (Å²) in [6.45, 7) is 5.18. The number of carbonyl (C=O) groups excluding carboxylic acids is 1. The largest absolute Gasteiger partial charge is 0.493 e. The second kappa shape index (κ2) is 8.63. The van der Waals surface area contributed by atoms with Gasteiger partial charge >= 0.3 is 0 Å². The second-order valence-corrected chi connectivity index (χ2v) is 5.33. The molecule has 0 heterocycles. The molecule has 0 spiro atoms. The molecule has 3 nitrogen and oxygen atoms in total. The van der Waals surface area contributed by atoms with Gasteiger partial charge in [0.05, 0.1) is 18.8 Å². The van der Waals surface area contributed by atoms with E-state index < -0.39 is 0 Å². The Labute approximate surface area is 136 Å². The van der Waals surface area contributed by atoms with Crippen LogP contribution in [0.3, 0.4) is 0 Å². The van der Waals surface area contributed by atoms with Crippen molar-refractivity contribution in [2.75, 3.05) is 13.2 Å². The predicted octanol–water partition coefficient (Wildman–Crippen LogP) is 4.40. The van der Waals surface area contributed by atoms with Gasteiger partial charge in [0.25, 0.3) is 0 Å². The summed E-state index contributed by atoms with van der Waals surface area (Å²) in [6.07, 6.45) is 2.10. The van der Waals surface area contributed by atoms with Crippen molar-refractivity contribution in [3.63, 3.8) is 0 Å². The molecule has 0 aliphatic heterocycles. The van der Waals surface area contributed by atoms with Crippen LogP contribution in [0.5, 0.6) is 5.75 Å². The van der Waals surface area contributed by atoms with Crippen molar-refractivity contribution in [3.05, 3.63) is 52.8 Å². The first-order valence-electron chi connectivity index (χ1n) is 8.09. The normalized spacial score (nSPS) is 13.3. The summed E-state index contributed by atoms with van der Waals surface area (Å²) in [5.41, 5.74) is 2.43. The Hall–Kier alpha value is -1.94. The van der Waals surface area contributed by atoms with E-state index in [2.05, 4.69) is 0 Å². The van der Waals surface area contributed by atoms with Gasteiger partial charge in [-0.1, -0.05) is 12.1 Å². The third-order valence-corrected chi connectivity index (χ3v) is 3.75. The van der Waals surface area contributed by atoms with E-state index in [1.165, 1.54) is 12.1 Å². The summed E-state index contributed by atoms with van der Waals surface area (Å²) in [4.78, 5) is 12.5. The van der Waals surface area contributed by atoms with Crippen LogP contribution in [-0.4, -0.2) is 19.0 Å². The molecule has 4 heteroatoms. The number of hydrogen-bond donors (Lipinski definition) is 0. The third-order valence-electron chi connectivity index (χ3n) is 3.75. The Morgan fingerprint density at radius 3 is 2.65 bits per heavy atom. The maximum absolute atomic E-state index is 13.8. The summed E-state index contributed by atoms with van der Waals surface area (Å²) < 4.78 is 24.9. The molecule has 1 aromatic carbocycles. The van der Waals surface area contributed by atoms with Gasteiger partial charge in [0, 0.05) is 13.0 Å². The first-order chi connectivity index (χ1) is 11.2. The molecule has 124 valence electrons. The molecular formula is C19H23FO3. The summed E-state index contributed by atoms with van der Waals surface area (Å²) in [7, 11) is 0. The van der Waals surface area contributed by atoms with Gasteiger partial charge in [-0.2, -0.15) is 0 Å². The number of carbonyl (C=O) groups is 1. The molecule has 23 heavy (non-hydrogen) atoms. The van der Waals surface area contributed by atoms with Crippen molar-refractivity contribution >= 4 is 5.78 Å². The van der Waals surface area contributed by atoms with Crippen molar-refractivity contribution in [2.24, 2.45) is 0 Å². The first-order valence-corrected chi connectivity index (χ1v) is 8.09. The molecule has 0 atom stereocenters. The van der Waals surface area contributed by atoms with Gasteiger partial charge in [-0.3, -0.25) is 4.79 Å². The molecule has 0 aromatic heterocycles. The molecule has 0 saturated carbocycles. The number of rotatable bonds is 5. The van der Waals surface area contributed by atoms with Crippen LogP contribution in [-0.2, 0) is 17.8 Å². The van der Waals surface area contributed by atoms with Crippen molar-refractivity contribution in [2.45, 2.75) is 39.7 Å². The van der Waals surface area contributed by atoms with Gasteiger partial charge in [0.15, 0.2) is 5.78 Å². The fraction of sp³-hybridized carbons (Fsp3) is 0.421. The highest BCUT2D eigenvalue weighted by molar-refractivity contribution is 6.01. The average Bonchev–Trinajstić information content (AvgIpc) is 2.54. The summed E-state index contributed by atoms with van der Waals surface area (Å²) in [5.74, 6) is 0.105. The number of ketones is 1. The van der Waals surface area contributed by atoms with E-state index in [0.717, 1.165) is 24.0 Å². The lowest BCUT2D eigenvalue weighted by molar-refractivity contribution is 0.0967. The molecule has 1 aliphatic carbocycles. The Balaban J connectivity index is 2.75. The minimum absolute atomic E-state index is 0.0479. The molecule has 0 amide bonds. The van der Waals surface area contributed by atoms with E-state index >= 15 is 0 Å². The SMILES string of the molecule is CCOCc1cccc(F)ccc(OCC)c2c1CCCC2=O. The van der Waals surface area contributed by atoms with Crippen molar-refractivity contribution in [3.8, 4) is 5.75 Å². The quantitative estimate of drug-likeness (QED) is 0.807. The number of Topliss-reactive ketones (excluding diaryl/α,β-unsaturated/α-hetero) is 1. The first kappa shape index (κ1) is 17.4. The van der Waals surface area contributed by atoms with Gasteiger partial charge in [0.2, 0.25) is 0 Å². The van der Waals surface area contributed by atoms with Crippen molar-refractivity contribution in [1.82, 2.24) is 0 Å². The second-order valence-electron chi connectivity index (χ2n) is 5.33. The van der Waals surface area contributed by atoms with Gasteiger partial charge in [0.1, 0.15) is 11.6 Å². The van der Waals surface area contributed by atoms with Crippen molar-refractivity contribution in [1.29, 1.82) is 0 Å². The number of hydrogen-bond acceptors (Lipinski definition) is 3. The monoisotopic (exact) mass is 318 g/mol. The molecule has 0 unspecified atom stereocenters. The maximum atomic E-state index is 13.8. The van der Waals surface area contributed by atoms with Crippen LogP contribution in [0.25, 0.3) is 0 Å². The van der Waals surface area contributed by atoms with E-state index in [-0.39, 0.29) is 11.6 Å². The molecule has 1 aliphatic rings. The van der Waals surface area contributed by atoms with E-state index in [1.807, 2.05) is 19.9 Å². The third kappa shape index (κ3) is 4.52. The minimum Gasteiger partial charge on any atom is -0.493 e. The number of halogens is 1. The Morgan fingerprint density at radius 2 is 1.91 bits per heavy atom. The molecule has 0 saturated heterocycles. The predicted molar refractivity (Wildman–Crippen MR) is 87.8 cm³/mol. The van der Waals surface area contributed by atoms with Gasteiger partial charge < -0.3 is 9.47 Å². The van der Waals surface area contributed by atoms with Crippen LogP contribution >= 0.6 is 0 Å². The highest BCUT2D eigenvalue weighted by Crippen LogP contribution is 2.30. The lowest BCUT2D eigenvalue weighted by atomic mass is 9.88. The molecule has 0 radical (unpaired) electrons. The summed E-state index contributed by atoms with van der Waals surface area (Å²) in [6, 6.07) is 7.75. The number of ether oxygens (including phenoxy) is 2. The van der Waals surface area contributed by atoms with Crippen LogP contribution in [0.1, 0.15) is 48.2 Å². The van der Waals surface area contributed by atoms with E-state index in [0.29, 0.717) is 37.6 Å². The Kier molecular flexibility index (Phi) is 6.53. The maximum Gasteiger partial charge on any atom is 0.166 e. The van der Waals surface area contributed by atoms with E-state index in [4.69, 9.17) is 9.47 Å². The molecule has 0 fully saturated rings. The fourth-order valence-electron chi connectivity index (χ4n) is 2.73. The highest BCUT2D eigenvalue weighted by atomic mass is 19.1. The average molecular weight is 318 g/mol. The molecule has 0 N–H and O–H groups in total. The smallest absolute Gasteiger partial charge is 0.166 e. The summed E-state index contributed by atoms with van der Waals surface area (Å²) >= 11 is 0. The lowest BCUT2D eigenvalue weighted by Gasteiger charge is -2.19. The van der Waals surface area contributed by atoms with Gasteiger partial charge in [-0.25, -0.2) is 4.39 Å².